The topological polar surface area (TPSA) is 62.6 Å². The number of aliphatic imine (C=N–C) groups is 1. The van der Waals surface area contributed by atoms with Crippen molar-refractivity contribution in [2.24, 2.45) is 4.99 Å². The van der Waals surface area contributed by atoms with Crippen LogP contribution in [0.1, 0.15) is 26.6 Å². The van der Waals surface area contributed by atoms with Crippen molar-refractivity contribution >= 4 is 28.6 Å². The largest absolute Gasteiger partial charge is 0.308 e. The lowest BCUT2D eigenvalue weighted by Crippen LogP contribution is -2.27. The van der Waals surface area contributed by atoms with Gasteiger partial charge in [0.25, 0.3) is 0 Å². The molecular weight excluding hydrogens is 382 g/mol. The molecule has 0 atom stereocenters. The van der Waals surface area contributed by atoms with E-state index in [-0.39, 0.29) is 23.7 Å². The predicted molar refractivity (Wildman–Crippen MR) is 117 cm³/mol. The molecule has 1 aliphatic carbocycles. The summed E-state index contributed by atoms with van der Waals surface area (Å²) in [6.07, 6.45) is 0.0371. The van der Waals surface area contributed by atoms with Crippen molar-refractivity contribution in [1.29, 1.82) is 0 Å². The highest BCUT2D eigenvalue weighted by atomic mass is 32.1. The van der Waals surface area contributed by atoms with Crippen LogP contribution >= 0.6 is 11.3 Å². The fraction of sp³-hybridized carbons (Fsp3) is 0.217. The second-order valence-electron chi connectivity index (χ2n) is 7.20. The summed E-state index contributed by atoms with van der Waals surface area (Å²) in [6.45, 7) is 1.24. The second-order valence-corrected chi connectivity index (χ2v) is 8.20. The van der Waals surface area contributed by atoms with Crippen LogP contribution in [0.5, 0.6) is 0 Å². The van der Waals surface area contributed by atoms with E-state index in [0.29, 0.717) is 22.1 Å². The average Bonchev–Trinajstić information content (AvgIpc) is 3.19. The van der Waals surface area contributed by atoms with Crippen LogP contribution in [0.15, 0.2) is 59.6 Å². The van der Waals surface area contributed by atoms with Gasteiger partial charge in [-0.2, -0.15) is 0 Å². The number of aromatic nitrogens is 1. The highest BCUT2D eigenvalue weighted by molar-refractivity contribution is 7.18. The van der Waals surface area contributed by atoms with Crippen molar-refractivity contribution in [2.45, 2.75) is 6.42 Å². The summed E-state index contributed by atoms with van der Waals surface area (Å²) >= 11 is 1.27. The molecule has 5 nitrogen and oxygen atoms in total. The number of rotatable bonds is 5. The smallest absolute Gasteiger partial charge is 0.219 e. The minimum Gasteiger partial charge on any atom is -0.308 e. The molecule has 0 radical (unpaired) electrons. The molecule has 0 bridgehead atoms. The summed E-state index contributed by atoms with van der Waals surface area (Å²) in [5, 5.41) is 0.686. The minimum absolute atomic E-state index is 0.0371. The van der Waals surface area contributed by atoms with Gasteiger partial charge in [-0.1, -0.05) is 54.6 Å². The summed E-state index contributed by atoms with van der Waals surface area (Å²) in [5.41, 5.74) is 3.78. The zero-order valence-electron chi connectivity index (χ0n) is 16.4. The van der Waals surface area contributed by atoms with Crippen LogP contribution < -0.4 is 0 Å². The summed E-state index contributed by atoms with van der Waals surface area (Å²) in [5.74, 6) is -0.297. The molecule has 4 rings (SSSR count). The number of hydrogen-bond donors (Lipinski definition) is 0. The highest BCUT2D eigenvalue weighted by Gasteiger charge is 2.33. The lowest BCUT2D eigenvalue weighted by Gasteiger charge is -2.11. The number of carbonyl (C=O) groups is 2. The average molecular weight is 404 g/mol. The monoisotopic (exact) mass is 403 g/mol. The lowest BCUT2D eigenvalue weighted by molar-refractivity contribution is 0.0963. The SMILES string of the molecule is CN(C)CCN=C1CC(=O)c2nc(-c3ccc(-c4ccccc4)cc3)sc2C1=O. The number of carbonyl (C=O) groups excluding carboxylic acids is 2. The first-order valence-corrected chi connectivity index (χ1v) is 10.3. The molecule has 1 aromatic heterocycles. The first-order chi connectivity index (χ1) is 14.0. The number of fused-ring (bicyclic) bond motifs is 1. The molecule has 0 N–H and O–H groups in total. The van der Waals surface area contributed by atoms with Crippen LogP contribution in [0.25, 0.3) is 21.7 Å². The van der Waals surface area contributed by atoms with Gasteiger partial charge in [0, 0.05) is 12.1 Å². The van der Waals surface area contributed by atoms with Gasteiger partial charge < -0.3 is 4.90 Å². The van der Waals surface area contributed by atoms with Crippen molar-refractivity contribution in [2.75, 3.05) is 27.2 Å². The molecule has 1 heterocycles. The fourth-order valence-corrected chi connectivity index (χ4v) is 4.23. The standard InChI is InChI=1S/C23H21N3O2S/c1-26(2)13-12-24-18-14-19(27)20-22(21(18)28)29-23(25-20)17-10-8-16(9-11-17)15-6-4-3-5-7-15/h3-11H,12-14H2,1-2H3. The van der Waals surface area contributed by atoms with Crippen LogP contribution in [0, 0.1) is 0 Å². The molecule has 0 unspecified atom stereocenters. The number of Topliss-reactive ketones (excluding diaryl/α,β-unsaturated/α-hetero) is 2. The first kappa shape index (κ1) is 19.4. The molecule has 0 saturated carbocycles. The Kier molecular flexibility index (Phi) is 5.47. The molecule has 2 aromatic carbocycles. The number of hydrogen-bond acceptors (Lipinski definition) is 6. The van der Waals surface area contributed by atoms with E-state index in [0.717, 1.165) is 23.2 Å². The van der Waals surface area contributed by atoms with Crippen LogP contribution in [0.4, 0.5) is 0 Å². The number of ketones is 2. The van der Waals surface area contributed by atoms with E-state index < -0.39 is 0 Å². The van der Waals surface area contributed by atoms with Gasteiger partial charge in [0.05, 0.1) is 18.7 Å². The molecule has 0 aliphatic heterocycles. The van der Waals surface area contributed by atoms with Crippen LogP contribution in [-0.2, 0) is 0 Å². The van der Waals surface area contributed by atoms with E-state index >= 15 is 0 Å². The molecular formula is C23H21N3O2S. The molecule has 29 heavy (non-hydrogen) atoms. The van der Waals surface area contributed by atoms with Gasteiger partial charge >= 0.3 is 0 Å². The summed E-state index contributed by atoms with van der Waals surface area (Å²) in [6, 6.07) is 18.1. The Labute approximate surface area is 173 Å². The first-order valence-electron chi connectivity index (χ1n) is 9.45. The Morgan fingerprint density at radius 1 is 0.966 bits per heavy atom. The fourth-order valence-electron chi connectivity index (χ4n) is 3.18. The number of nitrogens with zero attached hydrogens (tertiary/aromatic N) is 3. The van der Waals surface area contributed by atoms with Crippen molar-refractivity contribution in [3.63, 3.8) is 0 Å². The van der Waals surface area contributed by atoms with Gasteiger partial charge in [0.1, 0.15) is 15.6 Å². The predicted octanol–water partition coefficient (Wildman–Crippen LogP) is 4.25. The third kappa shape index (κ3) is 4.09. The van der Waals surface area contributed by atoms with E-state index in [1.807, 2.05) is 61.5 Å². The lowest BCUT2D eigenvalue weighted by atomic mass is 9.98. The van der Waals surface area contributed by atoms with E-state index in [9.17, 15) is 9.59 Å². The molecule has 0 spiro atoms. The van der Waals surface area contributed by atoms with E-state index in [1.54, 1.807) is 0 Å². The number of benzene rings is 2. The Hall–Kier alpha value is -2.96. The van der Waals surface area contributed by atoms with E-state index in [1.165, 1.54) is 11.3 Å². The summed E-state index contributed by atoms with van der Waals surface area (Å²) in [4.78, 5) is 36.6. The van der Waals surface area contributed by atoms with Crippen molar-refractivity contribution in [3.8, 4) is 21.7 Å². The Bertz CT molecular complexity index is 1080. The minimum atomic E-state index is -0.164. The quantitative estimate of drug-likeness (QED) is 0.639. The highest BCUT2D eigenvalue weighted by Crippen LogP contribution is 2.33. The maximum absolute atomic E-state index is 12.8. The van der Waals surface area contributed by atoms with Gasteiger partial charge in [-0.15, -0.1) is 11.3 Å². The Morgan fingerprint density at radius 2 is 1.62 bits per heavy atom. The zero-order chi connectivity index (χ0) is 20.4. The maximum Gasteiger partial charge on any atom is 0.219 e. The normalized spacial score (nSPS) is 15.2. The maximum atomic E-state index is 12.8. The Balaban J connectivity index is 1.60. The molecule has 0 saturated heterocycles. The molecule has 1 aliphatic rings. The summed E-state index contributed by atoms with van der Waals surface area (Å²) in [7, 11) is 3.90. The second kappa shape index (κ2) is 8.19. The molecule has 6 heteroatoms. The Morgan fingerprint density at radius 3 is 2.31 bits per heavy atom. The third-order valence-corrected chi connectivity index (χ3v) is 5.88. The van der Waals surface area contributed by atoms with E-state index in [2.05, 4.69) is 22.1 Å². The van der Waals surface area contributed by atoms with Gasteiger partial charge in [0.15, 0.2) is 5.78 Å². The van der Waals surface area contributed by atoms with Crippen LogP contribution in [0.2, 0.25) is 0 Å². The van der Waals surface area contributed by atoms with Crippen molar-refractivity contribution < 1.29 is 9.59 Å². The van der Waals surface area contributed by atoms with Gasteiger partial charge in [0.2, 0.25) is 5.78 Å². The molecule has 3 aromatic rings. The van der Waals surface area contributed by atoms with Crippen molar-refractivity contribution in [1.82, 2.24) is 9.88 Å². The number of likely N-dealkylation sites (N-methyl/N-ethyl adjacent to an activating group) is 1. The van der Waals surface area contributed by atoms with Gasteiger partial charge in [-0.3, -0.25) is 14.6 Å². The van der Waals surface area contributed by atoms with Gasteiger partial charge in [-0.25, -0.2) is 4.98 Å². The number of thiazole rings is 1. The van der Waals surface area contributed by atoms with Gasteiger partial charge in [-0.05, 0) is 25.2 Å². The van der Waals surface area contributed by atoms with E-state index in [4.69, 9.17) is 0 Å². The molecule has 0 fully saturated rings. The third-order valence-electron chi connectivity index (χ3n) is 4.78. The van der Waals surface area contributed by atoms with Crippen molar-refractivity contribution in [3.05, 3.63) is 65.2 Å². The molecule has 146 valence electrons. The molecule has 0 amide bonds. The summed E-state index contributed by atoms with van der Waals surface area (Å²) < 4.78 is 0. The van der Waals surface area contributed by atoms with Crippen LogP contribution in [0.3, 0.4) is 0 Å². The van der Waals surface area contributed by atoms with Crippen LogP contribution in [-0.4, -0.2) is 54.3 Å². The zero-order valence-corrected chi connectivity index (χ0v) is 17.2.